The monoisotopic (exact) mass is 419 g/mol. The van der Waals surface area contributed by atoms with E-state index >= 15 is 0 Å². The summed E-state index contributed by atoms with van der Waals surface area (Å²) >= 11 is 0. The number of alkyl halides is 3. The number of aromatic nitrogens is 4. The van der Waals surface area contributed by atoms with Crippen molar-refractivity contribution in [1.82, 2.24) is 24.6 Å². The van der Waals surface area contributed by atoms with E-state index in [0.717, 1.165) is 32.0 Å². The molecule has 3 aromatic rings. The van der Waals surface area contributed by atoms with E-state index in [2.05, 4.69) is 33.9 Å². The van der Waals surface area contributed by atoms with E-state index in [1.54, 1.807) is 13.3 Å². The van der Waals surface area contributed by atoms with Gasteiger partial charge in [0.15, 0.2) is 5.65 Å². The molecule has 1 N–H and O–H groups in total. The maximum Gasteiger partial charge on any atom is 0.416 e. The van der Waals surface area contributed by atoms with Crippen molar-refractivity contribution in [1.29, 1.82) is 0 Å². The van der Waals surface area contributed by atoms with E-state index in [0.29, 0.717) is 34.5 Å². The molecule has 0 amide bonds. The van der Waals surface area contributed by atoms with Gasteiger partial charge in [-0.05, 0) is 58.4 Å². The van der Waals surface area contributed by atoms with Gasteiger partial charge in [-0.15, -0.1) is 10.2 Å². The van der Waals surface area contributed by atoms with Gasteiger partial charge in [0.25, 0.3) is 0 Å². The van der Waals surface area contributed by atoms with Crippen molar-refractivity contribution < 1.29 is 18.3 Å². The van der Waals surface area contributed by atoms with E-state index in [4.69, 9.17) is 0 Å². The van der Waals surface area contributed by atoms with Gasteiger partial charge < -0.3 is 9.67 Å². The Morgan fingerprint density at radius 3 is 2.63 bits per heavy atom. The second kappa shape index (κ2) is 7.54. The molecule has 0 radical (unpaired) electrons. The Balaban J connectivity index is 1.71. The Hall–Kier alpha value is -2.68. The molecule has 0 spiro atoms. The number of phenols is 1. The van der Waals surface area contributed by atoms with Gasteiger partial charge in [0.2, 0.25) is 0 Å². The average Bonchev–Trinajstić information content (AvgIpc) is 3.13. The first kappa shape index (κ1) is 20.6. The molecular formula is C21H24F3N5O. The lowest BCUT2D eigenvalue weighted by molar-refractivity contribution is -0.137. The smallest absolute Gasteiger partial charge is 0.416 e. The quantitative estimate of drug-likeness (QED) is 0.674. The van der Waals surface area contributed by atoms with Crippen molar-refractivity contribution in [2.24, 2.45) is 0 Å². The van der Waals surface area contributed by atoms with Crippen LogP contribution in [0.15, 0.2) is 24.5 Å². The molecule has 0 unspecified atom stereocenters. The predicted octanol–water partition coefficient (Wildman–Crippen LogP) is 4.57. The first-order chi connectivity index (χ1) is 14.2. The Morgan fingerprint density at radius 2 is 1.97 bits per heavy atom. The summed E-state index contributed by atoms with van der Waals surface area (Å²) in [6.45, 7) is 8.14. The third-order valence-corrected chi connectivity index (χ3v) is 5.85. The van der Waals surface area contributed by atoms with Gasteiger partial charge in [-0.1, -0.05) is 0 Å². The summed E-state index contributed by atoms with van der Waals surface area (Å²) in [7, 11) is 0. The lowest BCUT2D eigenvalue weighted by Gasteiger charge is -2.35. The number of hydrogen-bond acceptors (Lipinski definition) is 5. The highest BCUT2D eigenvalue weighted by atomic mass is 19.4. The van der Waals surface area contributed by atoms with E-state index < -0.39 is 17.5 Å². The van der Waals surface area contributed by atoms with Gasteiger partial charge >= 0.3 is 6.18 Å². The summed E-state index contributed by atoms with van der Waals surface area (Å²) in [5, 5.41) is 18.8. The standard InChI is InChI=1S/C21H24F3N5O/c1-12(2)28-8-4-5-15(10-28)29-11-25-19-13(3)18(26-27-20(19)29)16-7-6-14(9-17(16)30)21(22,23)24/h6-7,9,11-12,15,30H,4-5,8,10H2,1-3H3/t15-/m1/s1. The van der Waals surface area contributed by atoms with Crippen LogP contribution < -0.4 is 0 Å². The van der Waals surface area contributed by atoms with Gasteiger partial charge in [0.1, 0.15) is 17.0 Å². The van der Waals surface area contributed by atoms with E-state index in [1.807, 2.05) is 4.57 Å². The highest BCUT2D eigenvalue weighted by Crippen LogP contribution is 2.38. The fourth-order valence-corrected chi connectivity index (χ4v) is 4.11. The van der Waals surface area contributed by atoms with Gasteiger partial charge in [0.05, 0.1) is 11.9 Å². The summed E-state index contributed by atoms with van der Waals surface area (Å²) in [6, 6.07) is 3.57. The maximum atomic E-state index is 12.9. The number of hydrogen-bond donors (Lipinski definition) is 1. The normalized spacial score (nSPS) is 18.4. The topological polar surface area (TPSA) is 67.1 Å². The zero-order chi connectivity index (χ0) is 21.6. The Labute approximate surface area is 172 Å². The molecule has 1 aromatic carbocycles. The van der Waals surface area contributed by atoms with E-state index in [-0.39, 0.29) is 11.6 Å². The van der Waals surface area contributed by atoms with E-state index in [9.17, 15) is 18.3 Å². The minimum Gasteiger partial charge on any atom is -0.507 e. The molecule has 4 rings (SSSR count). The number of aromatic hydroxyl groups is 1. The first-order valence-corrected chi connectivity index (χ1v) is 10.0. The zero-order valence-electron chi connectivity index (χ0n) is 17.1. The van der Waals surface area contributed by atoms with E-state index in [1.165, 1.54) is 6.07 Å². The van der Waals surface area contributed by atoms with Crippen LogP contribution in [-0.4, -0.2) is 48.9 Å². The van der Waals surface area contributed by atoms with Crippen LogP contribution in [0.3, 0.4) is 0 Å². The highest BCUT2D eigenvalue weighted by Gasteiger charge is 2.31. The predicted molar refractivity (Wildman–Crippen MR) is 107 cm³/mol. The summed E-state index contributed by atoms with van der Waals surface area (Å²) in [6.07, 6.45) is -0.649. The molecule has 0 saturated carbocycles. The zero-order valence-corrected chi connectivity index (χ0v) is 17.1. The van der Waals surface area contributed by atoms with Crippen LogP contribution in [0.4, 0.5) is 13.2 Å². The fraction of sp³-hybridized carbons (Fsp3) is 0.476. The molecule has 0 bridgehead atoms. The molecule has 1 aliphatic rings. The number of rotatable bonds is 3. The number of fused-ring (bicyclic) bond motifs is 1. The molecule has 0 aliphatic carbocycles. The summed E-state index contributed by atoms with van der Waals surface area (Å²) < 4.78 is 40.7. The molecule has 6 nitrogen and oxygen atoms in total. The van der Waals surface area contributed by atoms with Crippen molar-refractivity contribution in [3.63, 3.8) is 0 Å². The number of likely N-dealkylation sites (tertiary alicyclic amines) is 1. The van der Waals surface area contributed by atoms with Crippen LogP contribution in [-0.2, 0) is 6.18 Å². The van der Waals surface area contributed by atoms with Crippen LogP contribution >= 0.6 is 0 Å². The summed E-state index contributed by atoms with van der Waals surface area (Å²) in [5.41, 5.74) is 1.58. The molecule has 1 saturated heterocycles. The number of imidazole rings is 1. The van der Waals surface area contributed by atoms with Crippen LogP contribution in [0.25, 0.3) is 22.4 Å². The lowest BCUT2D eigenvalue weighted by atomic mass is 10.0. The molecule has 3 heterocycles. The number of phenolic OH excluding ortho intramolecular Hbond substituents is 1. The van der Waals surface area contributed by atoms with Gasteiger partial charge in [-0.25, -0.2) is 4.98 Å². The fourth-order valence-electron chi connectivity index (χ4n) is 4.11. The van der Waals surface area contributed by atoms with Gasteiger partial charge in [0, 0.05) is 29.8 Å². The largest absolute Gasteiger partial charge is 0.507 e. The molecule has 1 atom stereocenters. The number of nitrogens with zero attached hydrogens (tertiary/aromatic N) is 5. The third-order valence-electron chi connectivity index (χ3n) is 5.85. The van der Waals surface area contributed by atoms with Crippen LogP contribution in [0, 0.1) is 6.92 Å². The molecular weight excluding hydrogens is 395 g/mol. The summed E-state index contributed by atoms with van der Waals surface area (Å²) in [5.74, 6) is -0.485. The lowest BCUT2D eigenvalue weighted by Crippen LogP contribution is -2.40. The molecule has 9 heteroatoms. The third kappa shape index (κ3) is 3.62. The Bertz CT molecular complexity index is 1080. The van der Waals surface area contributed by atoms with Crippen molar-refractivity contribution in [2.75, 3.05) is 13.1 Å². The van der Waals surface area contributed by atoms with Crippen LogP contribution in [0.5, 0.6) is 5.75 Å². The molecule has 1 fully saturated rings. The number of halogens is 3. The molecule has 2 aromatic heterocycles. The number of benzene rings is 1. The Kier molecular flexibility index (Phi) is 5.17. The van der Waals surface area contributed by atoms with Gasteiger partial charge in [-0.2, -0.15) is 13.2 Å². The minimum atomic E-state index is -4.52. The second-order valence-corrected chi connectivity index (χ2v) is 8.11. The van der Waals surface area contributed by atoms with Crippen molar-refractivity contribution in [3.8, 4) is 17.0 Å². The SMILES string of the molecule is Cc1c(-c2ccc(C(F)(F)F)cc2O)nnc2c1ncn2[C@@H]1CCCN(C(C)C)C1. The maximum absolute atomic E-state index is 12.9. The number of aryl methyl sites for hydroxylation is 1. The Morgan fingerprint density at radius 1 is 1.20 bits per heavy atom. The minimum absolute atomic E-state index is 0.202. The molecule has 160 valence electrons. The second-order valence-electron chi connectivity index (χ2n) is 8.11. The molecule has 1 aliphatic heterocycles. The first-order valence-electron chi connectivity index (χ1n) is 10.0. The van der Waals surface area contributed by atoms with Crippen LogP contribution in [0.2, 0.25) is 0 Å². The van der Waals surface area contributed by atoms with Gasteiger partial charge in [-0.3, -0.25) is 4.90 Å². The number of piperidine rings is 1. The van der Waals surface area contributed by atoms with Crippen LogP contribution in [0.1, 0.15) is 43.9 Å². The van der Waals surface area contributed by atoms with Crippen molar-refractivity contribution in [3.05, 3.63) is 35.7 Å². The van der Waals surface area contributed by atoms with Crippen molar-refractivity contribution >= 4 is 11.2 Å². The average molecular weight is 419 g/mol. The summed E-state index contributed by atoms with van der Waals surface area (Å²) in [4.78, 5) is 6.94. The van der Waals surface area contributed by atoms with Crippen molar-refractivity contribution in [2.45, 2.75) is 51.9 Å². The highest BCUT2D eigenvalue weighted by molar-refractivity contribution is 5.83. The molecule has 30 heavy (non-hydrogen) atoms.